The van der Waals surface area contributed by atoms with Crippen LogP contribution in [0.25, 0.3) is 0 Å². The third kappa shape index (κ3) is 4.23. The van der Waals surface area contributed by atoms with Crippen LogP contribution in [0.3, 0.4) is 0 Å². The molecule has 1 fully saturated rings. The molecule has 0 atom stereocenters. The molecule has 1 aliphatic rings. The van der Waals surface area contributed by atoms with Crippen molar-refractivity contribution in [1.29, 1.82) is 0 Å². The molecule has 0 N–H and O–H groups in total. The zero-order chi connectivity index (χ0) is 17.0. The number of anilines is 1. The Bertz CT molecular complexity index is 581. The minimum atomic E-state index is -3.50. The lowest BCUT2D eigenvalue weighted by atomic mass is 10.2. The van der Waals surface area contributed by atoms with Crippen LogP contribution in [0, 0.1) is 0 Å². The number of sulfonamides is 1. The summed E-state index contributed by atoms with van der Waals surface area (Å²) in [6.07, 6.45) is 6.39. The zero-order valence-corrected chi connectivity index (χ0v) is 15.5. The highest BCUT2D eigenvalue weighted by Gasteiger charge is 2.29. The molecule has 1 aromatic heterocycles. The highest BCUT2D eigenvalue weighted by Crippen LogP contribution is 2.23. The van der Waals surface area contributed by atoms with Crippen molar-refractivity contribution in [3.8, 4) is 0 Å². The molecule has 0 aromatic carbocycles. The molecule has 23 heavy (non-hydrogen) atoms. The van der Waals surface area contributed by atoms with Crippen LogP contribution in [-0.2, 0) is 10.0 Å². The van der Waals surface area contributed by atoms with Gasteiger partial charge in [0.25, 0.3) is 0 Å². The van der Waals surface area contributed by atoms with Crippen LogP contribution in [0.15, 0.2) is 23.2 Å². The summed E-state index contributed by atoms with van der Waals surface area (Å²) in [7, 11) is -3.50. The number of nitrogens with zero attached hydrogens (tertiary/aromatic N) is 3. The minimum absolute atomic E-state index is 0.0784. The van der Waals surface area contributed by atoms with E-state index in [0.717, 1.165) is 18.9 Å². The normalized spacial score (nSPS) is 17.1. The summed E-state index contributed by atoms with van der Waals surface area (Å²) >= 11 is 0. The first kappa shape index (κ1) is 18.2. The molecule has 0 saturated carbocycles. The molecule has 0 aliphatic carbocycles. The number of pyridine rings is 1. The Kier molecular flexibility index (Phi) is 6.03. The van der Waals surface area contributed by atoms with E-state index in [-0.39, 0.29) is 17.0 Å². The van der Waals surface area contributed by atoms with Crippen LogP contribution in [0.5, 0.6) is 0 Å². The van der Waals surface area contributed by atoms with Gasteiger partial charge in [0.2, 0.25) is 10.0 Å². The minimum Gasteiger partial charge on any atom is -0.357 e. The summed E-state index contributed by atoms with van der Waals surface area (Å²) in [6.45, 7) is 9.60. The van der Waals surface area contributed by atoms with E-state index in [1.54, 1.807) is 6.07 Å². The fourth-order valence-corrected chi connectivity index (χ4v) is 5.06. The van der Waals surface area contributed by atoms with Gasteiger partial charge in [-0.05, 0) is 52.7 Å². The standard InChI is InChI=1S/C17H29N3O2S/c1-14(2)20(15(3)4)23(21,22)16-9-10-17(18-13-16)19-11-7-5-6-8-12-19/h9-10,13-15H,5-8,11-12H2,1-4H3. The van der Waals surface area contributed by atoms with E-state index in [1.807, 2.05) is 33.8 Å². The van der Waals surface area contributed by atoms with Crippen molar-refractivity contribution >= 4 is 15.8 Å². The van der Waals surface area contributed by atoms with E-state index in [0.29, 0.717) is 0 Å². The number of rotatable bonds is 5. The van der Waals surface area contributed by atoms with Gasteiger partial charge in [0.15, 0.2) is 0 Å². The molecule has 0 bridgehead atoms. The lowest BCUT2D eigenvalue weighted by molar-refractivity contribution is 0.302. The molecule has 0 amide bonds. The van der Waals surface area contributed by atoms with E-state index >= 15 is 0 Å². The molecule has 130 valence electrons. The van der Waals surface area contributed by atoms with Crippen molar-refractivity contribution < 1.29 is 8.42 Å². The van der Waals surface area contributed by atoms with Gasteiger partial charge in [-0.1, -0.05) is 12.8 Å². The van der Waals surface area contributed by atoms with Gasteiger partial charge in [0.05, 0.1) is 0 Å². The first-order chi connectivity index (χ1) is 10.8. The van der Waals surface area contributed by atoms with E-state index in [4.69, 9.17) is 0 Å². The fourth-order valence-electron chi connectivity index (χ4n) is 3.29. The number of hydrogen-bond donors (Lipinski definition) is 0. The van der Waals surface area contributed by atoms with Gasteiger partial charge in [-0.2, -0.15) is 4.31 Å². The number of aromatic nitrogens is 1. The lowest BCUT2D eigenvalue weighted by Crippen LogP contribution is -2.42. The predicted molar refractivity (Wildman–Crippen MR) is 94.2 cm³/mol. The smallest absolute Gasteiger partial charge is 0.245 e. The highest BCUT2D eigenvalue weighted by molar-refractivity contribution is 7.89. The molecule has 0 unspecified atom stereocenters. The second kappa shape index (κ2) is 7.62. The van der Waals surface area contributed by atoms with Crippen molar-refractivity contribution in [2.75, 3.05) is 18.0 Å². The maximum absolute atomic E-state index is 12.8. The van der Waals surface area contributed by atoms with E-state index in [1.165, 1.54) is 36.2 Å². The average molecular weight is 340 g/mol. The van der Waals surface area contributed by atoms with Crippen LogP contribution in [-0.4, -0.2) is 42.9 Å². The van der Waals surface area contributed by atoms with Crippen LogP contribution in [0.4, 0.5) is 5.82 Å². The Hall–Kier alpha value is -1.14. The van der Waals surface area contributed by atoms with Gasteiger partial charge in [-0.3, -0.25) is 0 Å². The second-order valence-corrected chi connectivity index (χ2v) is 8.62. The number of hydrogen-bond acceptors (Lipinski definition) is 4. The first-order valence-electron chi connectivity index (χ1n) is 8.58. The third-order valence-corrected chi connectivity index (χ3v) is 6.48. The molecule has 1 aromatic rings. The van der Waals surface area contributed by atoms with Gasteiger partial charge in [-0.25, -0.2) is 13.4 Å². The van der Waals surface area contributed by atoms with Crippen LogP contribution in [0.1, 0.15) is 53.4 Å². The molecule has 1 aliphatic heterocycles. The van der Waals surface area contributed by atoms with Crippen molar-refractivity contribution in [3.63, 3.8) is 0 Å². The summed E-state index contributed by atoms with van der Waals surface area (Å²) in [6, 6.07) is 3.38. The monoisotopic (exact) mass is 339 g/mol. The maximum atomic E-state index is 12.8. The Morgan fingerprint density at radius 3 is 2.00 bits per heavy atom. The first-order valence-corrected chi connectivity index (χ1v) is 10.0. The highest BCUT2D eigenvalue weighted by atomic mass is 32.2. The molecule has 2 rings (SSSR count). The van der Waals surface area contributed by atoms with Gasteiger partial charge in [0.1, 0.15) is 10.7 Å². The fraction of sp³-hybridized carbons (Fsp3) is 0.706. The van der Waals surface area contributed by atoms with Crippen LogP contribution in [0.2, 0.25) is 0 Å². The maximum Gasteiger partial charge on any atom is 0.245 e. The van der Waals surface area contributed by atoms with Gasteiger partial charge in [0, 0.05) is 31.4 Å². The zero-order valence-electron chi connectivity index (χ0n) is 14.7. The van der Waals surface area contributed by atoms with Gasteiger partial charge in [-0.15, -0.1) is 0 Å². The third-order valence-electron chi connectivity index (χ3n) is 4.24. The Morgan fingerprint density at radius 2 is 1.57 bits per heavy atom. The van der Waals surface area contributed by atoms with E-state index in [9.17, 15) is 8.42 Å². The molecule has 1 saturated heterocycles. The Balaban J connectivity index is 2.24. The second-order valence-electron chi connectivity index (χ2n) is 6.78. The summed E-state index contributed by atoms with van der Waals surface area (Å²) in [4.78, 5) is 6.96. The molecule has 0 radical (unpaired) electrons. The Morgan fingerprint density at radius 1 is 1.00 bits per heavy atom. The largest absolute Gasteiger partial charge is 0.357 e. The summed E-state index contributed by atoms with van der Waals surface area (Å²) < 4.78 is 27.2. The van der Waals surface area contributed by atoms with Crippen LogP contribution >= 0.6 is 0 Å². The molecule has 0 spiro atoms. The van der Waals surface area contributed by atoms with Crippen molar-refractivity contribution in [1.82, 2.24) is 9.29 Å². The van der Waals surface area contributed by atoms with Crippen LogP contribution < -0.4 is 4.90 Å². The van der Waals surface area contributed by atoms with Crippen molar-refractivity contribution in [3.05, 3.63) is 18.3 Å². The molecule has 5 nitrogen and oxygen atoms in total. The quantitative estimate of drug-likeness (QED) is 0.826. The molecular formula is C17H29N3O2S. The molecule has 2 heterocycles. The van der Waals surface area contributed by atoms with Gasteiger partial charge >= 0.3 is 0 Å². The predicted octanol–water partition coefficient (Wildman–Crippen LogP) is 3.27. The van der Waals surface area contributed by atoms with Crippen molar-refractivity contribution in [2.24, 2.45) is 0 Å². The van der Waals surface area contributed by atoms with Crippen molar-refractivity contribution in [2.45, 2.75) is 70.4 Å². The lowest BCUT2D eigenvalue weighted by Gasteiger charge is -2.29. The molecular weight excluding hydrogens is 310 g/mol. The summed E-state index contributed by atoms with van der Waals surface area (Å²) in [5, 5.41) is 0. The average Bonchev–Trinajstić information content (AvgIpc) is 2.75. The van der Waals surface area contributed by atoms with E-state index < -0.39 is 10.0 Å². The topological polar surface area (TPSA) is 53.5 Å². The SMILES string of the molecule is CC(C)N(C(C)C)S(=O)(=O)c1ccc(N2CCCCCC2)nc1. The van der Waals surface area contributed by atoms with Gasteiger partial charge < -0.3 is 4.90 Å². The van der Waals surface area contributed by atoms with E-state index in [2.05, 4.69) is 9.88 Å². The molecule has 6 heteroatoms. The summed E-state index contributed by atoms with van der Waals surface area (Å²) in [5.74, 6) is 0.881. The summed E-state index contributed by atoms with van der Waals surface area (Å²) in [5.41, 5.74) is 0. The Labute approximate surface area is 140 Å².